The monoisotopic (exact) mass is 335 g/mol. The average molecular weight is 335 g/mol. The minimum absolute atomic E-state index is 0.162. The van der Waals surface area contributed by atoms with Gasteiger partial charge in [0.15, 0.2) is 5.69 Å². The minimum Gasteiger partial charge on any atom is -0.493 e. The third kappa shape index (κ3) is 4.08. The van der Waals surface area contributed by atoms with Gasteiger partial charge in [-0.3, -0.25) is 9.78 Å². The highest BCUT2D eigenvalue weighted by Gasteiger charge is 2.06. The van der Waals surface area contributed by atoms with Crippen LogP contribution in [0.5, 0.6) is 5.75 Å². The van der Waals surface area contributed by atoms with E-state index in [0.717, 1.165) is 11.3 Å². The number of hydrazone groups is 1. The molecule has 0 saturated carbocycles. The van der Waals surface area contributed by atoms with Crippen molar-refractivity contribution < 1.29 is 4.74 Å². The Hall–Kier alpha value is -3.48. The SMILES string of the molecule is CCOc1ccccc1/C=N/Nc1nnc(-c2ccccc2)c(=O)[nH]1. The molecule has 0 saturated heterocycles. The van der Waals surface area contributed by atoms with Crippen LogP contribution in [0, 0.1) is 0 Å². The zero-order chi connectivity index (χ0) is 17.5. The van der Waals surface area contributed by atoms with Gasteiger partial charge in [-0.15, -0.1) is 10.2 Å². The first-order chi connectivity index (χ1) is 12.3. The molecule has 0 spiro atoms. The summed E-state index contributed by atoms with van der Waals surface area (Å²) in [5, 5.41) is 12.0. The normalized spacial score (nSPS) is 10.8. The van der Waals surface area contributed by atoms with E-state index in [1.807, 2.05) is 49.4 Å². The van der Waals surface area contributed by atoms with Gasteiger partial charge in [0.2, 0.25) is 5.95 Å². The van der Waals surface area contributed by atoms with Crippen LogP contribution in [-0.2, 0) is 0 Å². The number of benzene rings is 2. The first kappa shape index (κ1) is 16.4. The van der Waals surface area contributed by atoms with Crippen LogP contribution in [0.2, 0.25) is 0 Å². The largest absolute Gasteiger partial charge is 0.493 e. The second kappa shape index (κ2) is 7.87. The van der Waals surface area contributed by atoms with Crippen molar-refractivity contribution in [3.63, 3.8) is 0 Å². The molecule has 0 bridgehead atoms. The van der Waals surface area contributed by atoms with E-state index in [0.29, 0.717) is 12.2 Å². The lowest BCUT2D eigenvalue weighted by Crippen LogP contribution is -2.15. The van der Waals surface area contributed by atoms with Crippen molar-refractivity contribution in [2.24, 2.45) is 5.10 Å². The number of nitrogens with one attached hydrogen (secondary N) is 2. The summed E-state index contributed by atoms with van der Waals surface area (Å²) in [7, 11) is 0. The van der Waals surface area contributed by atoms with Crippen molar-refractivity contribution >= 4 is 12.2 Å². The number of nitrogens with zero attached hydrogens (tertiary/aromatic N) is 3. The fourth-order valence-electron chi connectivity index (χ4n) is 2.21. The molecule has 0 unspecified atom stereocenters. The van der Waals surface area contributed by atoms with E-state index < -0.39 is 0 Å². The fraction of sp³-hybridized carbons (Fsp3) is 0.111. The van der Waals surface area contributed by atoms with Gasteiger partial charge in [0, 0.05) is 11.1 Å². The Balaban J connectivity index is 1.74. The standard InChI is InChI=1S/C18H17N5O2/c1-2-25-15-11-7-6-10-14(15)12-19-22-18-20-17(24)16(21-23-18)13-8-4-3-5-9-13/h3-12H,2H2,1H3,(H2,20,22,23,24)/b19-12+. The molecule has 0 fully saturated rings. The first-order valence-electron chi connectivity index (χ1n) is 7.81. The van der Waals surface area contributed by atoms with Crippen molar-refractivity contribution in [2.45, 2.75) is 6.92 Å². The number of aromatic nitrogens is 3. The molecule has 0 aliphatic heterocycles. The Labute approximate surface area is 144 Å². The molecular formula is C18H17N5O2. The molecule has 25 heavy (non-hydrogen) atoms. The van der Waals surface area contributed by atoms with Crippen LogP contribution in [0.4, 0.5) is 5.95 Å². The number of aromatic amines is 1. The zero-order valence-corrected chi connectivity index (χ0v) is 13.6. The van der Waals surface area contributed by atoms with Crippen LogP contribution in [0.25, 0.3) is 11.3 Å². The average Bonchev–Trinajstić information content (AvgIpc) is 2.64. The number of H-pyrrole nitrogens is 1. The molecule has 0 radical (unpaired) electrons. The molecular weight excluding hydrogens is 318 g/mol. The lowest BCUT2D eigenvalue weighted by atomic mass is 10.2. The van der Waals surface area contributed by atoms with Crippen LogP contribution >= 0.6 is 0 Å². The van der Waals surface area contributed by atoms with Crippen molar-refractivity contribution in [1.29, 1.82) is 0 Å². The van der Waals surface area contributed by atoms with E-state index in [2.05, 4.69) is 25.7 Å². The number of rotatable bonds is 6. The van der Waals surface area contributed by atoms with Gasteiger partial charge in [-0.05, 0) is 19.1 Å². The first-order valence-corrected chi connectivity index (χ1v) is 7.81. The van der Waals surface area contributed by atoms with E-state index in [1.54, 1.807) is 18.3 Å². The van der Waals surface area contributed by atoms with Gasteiger partial charge in [-0.1, -0.05) is 42.5 Å². The molecule has 126 valence electrons. The zero-order valence-electron chi connectivity index (χ0n) is 13.6. The van der Waals surface area contributed by atoms with E-state index in [9.17, 15) is 4.79 Å². The van der Waals surface area contributed by atoms with Crippen LogP contribution in [0.1, 0.15) is 12.5 Å². The number of hydrogen-bond acceptors (Lipinski definition) is 6. The van der Waals surface area contributed by atoms with E-state index in [4.69, 9.17) is 4.74 Å². The highest BCUT2D eigenvalue weighted by molar-refractivity contribution is 5.83. The lowest BCUT2D eigenvalue weighted by molar-refractivity contribution is 0.340. The molecule has 2 N–H and O–H groups in total. The fourth-order valence-corrected chi connectivity index (χ4v) is 2.21. The molecule has 7 heteroatoms. The Morgan fingerprint density at radius 2 is 1.88 bits per heavy atom. The van der Waals surface area contributed by atoms with Gasteiger partial charge in [0.25, 0.3) is 5.56 Å². The summed E-state index contributed by atoms with van der Waals surface area (Å²) < 4.78 is 5.52. The predicted molar refractivity (Wildman–Crippen MR) is 96.9 cm³/mol. The number of hydrogen-bond donors (Lipinski definition) is 2. The van der Waals surface area contributed by atoms with Crippen molar-refractivity contribution in [1.82, 2.24) is 15.2 Å². The summed E-state index contributed by atoms with van der Waals surface area (Å²) in [5.74, 6) is 0.893. The summed E-state index contributed by atoms with van der Waals surface area (Å²) in [5.41, 5.74) is 4.11. The van der Waals surface area contributed by atoms with Crippen LogP contribution in [0.3, 0.4) is 0 Å². The van der Waals surface area contributed by atoms with Crippen molar-refractivity contribution in [2.75, 3.05) is 12.0 Å². The van der Waals surface area contributed by atoms with Gasteiger partial charge in [-0.25, -0.2) is 5.43 Å². The minimum atomic E-state index is -0.339. The Morgan fingerprint density at radius 3 is 2.64 bits per heavy atom. The summed E-state index contributed by atoms with van der Waals surface area (Å²) in [6.07, 6.45) is 1.59. The molecule has 1 heterocycles. The van der Waals surface area contributed by atoms with E-state index in [1.165, 1.54) is 0 Å². The predicted octanol–water partition coefficient (Wildman–Crippen LogP) is 2.68. The summed E-state index contributed by atoms with van der Waals surface area (Å²) >= 11 is 0. The smallest absolute Gasteiger partial charge is 0.279 e. The summed E-state index contributed by atoms with van der Waals surface area (Å²) in [6.45, 7) is 2.48. The van der Waals surface area contributed by atoms with Crippen LogP contribution in [0.15, 0.2) is 64.5 Å². The summed E-state index contributed by atoms with van der Waals surface area (Å²) in [4.78, 5) is 14.8. The molecule has 3 rings (SSSR count). The molecule has 0 amide bonds. The highest BCUT2D eigenvalue weighted by Crippen LogP contribution is 2.15. The molecule has 2 aromatic carbocycles. The van der Waals surface area contributed by atoms with Gasteiger partial charge >= 0.3 is 0 Å². The second-order valence-electron chi connectivity index (χ2n) is 5.06. The second-order valence-corrected chi connectivity index (χ2v) is 5.06. The topological polar surface area (TPSA) is 92.3 Å². The third-order valence-corrected chi connectivity index (χ3v) is 3.34. The molecule has 0 atom stereocenters. The van der Waals surface area contributed by atoms with Crippen molar-refractivity contribution in [3.05, 3.63) is 70.5 Å². The van der Waals surface area contributed by atoms with E-state index >= 15 is 0 Å². The molecule has 0 aliphatic rings. The molecule has 0 aliphatic carbocycles. The summed E-state index contributed by atoms with van der Waals surface area (Å²) in [6, 6.07) is 16.7. The number of para-hydroxylation sites is 1. The maximum atomic E-state index is 12.1. The Morgan fingerprint density at radius 1 is 1.12 bits per heavy atom. The Kier molecular flexibility index (Phi) is 5.16. The lowest BCUT2D eigenvalue weighted by Gasteiger charge is -2.06. The molecule has 1 aromatic heterocycles. The van der Waals surface area contributed by atoms with Gasteiger partial charge < -0.3 is 4.74 Å². The van der Waals surface area contributed by atoms with Crippen LogP contribution in [-0.4, -0.2) is 28.0 Å². The Bertz CT molecular complexity index is 922. The van der Waals surface area contributed by atoms with Gasteiger partial charge in [-0.2, -0.15) is 5.10 Å². The third-order valence-electron chi connectivity index (χ3n) is 3.34. The molecule has 3 aromatic rings. The quantitative estimate of drug-likeness (QED) is 0.534. The number of anilines is 1. The van der Waals surface area contributed by atoms with E-state index in [-0.39, 0.29) is 17.2 Å². The maximum absolute atomic E-state index is 12.1. The highest BCUT2D eigenvalue weighted by atomic mass is 16.5. The molecule has 7 nitrogen and oxygen atoms in total. The van der Waals surface area contributed by atoms with Gasteiger partial charge in [0.05, 0.1) is 12.8 Å². The van der Waals surface area contributed by atoms with Crippen LogP contribution < -0.4 is 15.7 Å². The number of ether oxygens (including phenoxy) is 1. The van der Waals surface area contributed by atoms with Gasteiger partial charge in [0.1, 0.15) is 5.75 Å². The maximum Gasteiger partial charge on any atom is 0.279 e. The van der Waals surface area contributed by atoms with Crippen molar-refractivity contribution in [3.8, 4) is 17.0 Å².